The van der Waals surface area contributed by atoms with Gasteiger partial charge in [-0.15, -0.1) is 0 Å². The van der Waals surface area contributed by atoms with Gasteiger partial charge in [-0.3, -0.25) is 0 Å². The van der Waals surface area contributed by atoms with Crippen molar-refractivity contribution in [2.24, 2.45) is 0 Å². The molecule has 0 saturated carbocycles. The number of aryl methyl sites for hydroxylation is 1. The summed E-state index contributed by atoms with van der Waals surface area (Å²) >= 11 is 19.1. The van der Waals surface area contributed by atoms with Gasteiger partial charge in [-0.25, -0.2) is 4.98 Å². The Kier molecular flexibility index (Phi) is 7.43. The summed E-state index contributed by atoms with van der Waals surface area (Å²) in [5.74, 6) is 2.55. The van der Waals surface area contributed by atoms with E-state index in [0.717, 1.165) is 35.0 Å². The molecule has 2 N–H and O–H groups in total. The third kappa shape index (κ3) is 6.18. The van der Waals surface area contributed by atoms with Crippen LogP contribution in [0.3, 0.4) is 0 Å². The van der Waals surface area contributed by atoms with Gasteiger partial charge < -0.3 is 10.6 Å². The van der Waals surface area contributed by atoms with E-state index in [1.54, 1.807) is 24.0 Å². The van der Waals surface area contributed by atoms with Crippen LogP contribution >= 0.6 is 47.2 Å². The summed E-state index contributed by atoms with van der Waals surface area (Å²) in [7, 11) is 0. The first kappa shape index (κ1) is 18.3. The maximum Gasteiger partial charge on any atom is 0.171 e. The second-order valence-corrected chi connectivity index (χ2v) is 7.20. The van der Waals surface area contributed by atoms with Crippen molar-refractivity contribution in [3.63, 3.8) is 0 Å². The Morgan fingerprint density at radius 3 is 2.87 bits per heavy atom. The molecule has 1 heterocycles. The van der Waals surface area contributed by atoms with Crippen LogP contribution < -0.4 is 10.6 Å². The predicted molar refractivity (Wildman–Crippen MR) is 106 cm³/mol. The monoisotopic (exact) mass is 385 g/mol. The van der Waals surface area contributed by atoms with Crippen LogP contribution in [0.4, 0.5) is 5.82 Å². The average Bonchev–Trinajstić information content (AvgIpc) is 2.51. The fourth-order valence-electron chi connectivity index (χ4n) is 1.83. The number of thioether (sulfide) groups is 1. The van der Waals surface area contributed by atoms with Crippen LogP contribution in [0.25, 0.3) is 0 Å². The van der Waals surface area contributed by atoms with E-state index < -0.39 is 0 Å². The second kappa shape index (κ2) is 9.33. The van der Waals surface area contributed by atoms with Gasteiger partial charge in [0.05, 0.1) is 0 Å². The summed E-state index contributed by atoms with van der Waals surface area (Å²) in [6, 6.07) is 9.47. The molecule has 0 aliphatic carbocycles. The van der Waals surface area contributed by atoms with Gasteiger partial charge in [-0.2, -0.15) is 11.8 Å². The quantitative estimate of drug-likeness (QED) is 0.545. The van der Waals surface area contributed by atoms with Gasteiger partial charge in [0.1, 0.15) is 5.82 Å². The number of rotatable bonds is 6. The Bertz CT molecular complexity index is 680. The summed E-state index contributed by atoms with van der Waals surface area (Å²) in [6.45, 7) is 2.76. The zero-order valence-electron chi connectivity index (χ0n) is 12.6. The molecule has 0 atom stereocenters. The molecular weight excluding hydrogens is 369 g/mol. The lowest BCUT2D eigenvalue weighted by Gasteiger charge is -2.11. The zero-order chi connectivity index (χ0) is 16.7. The number of hydrogen-bond acceptors (Lipinski definition) is 3. The van der Waals surface area contributed by atoms with Crippen LogP contribution in [0.5, 0.6) is 0 Å². The molecule has 0 spiro atoms. The first-order valence-electron chi connectivity index (χ1n) is 7.04. The number of halogens is 2. The minimum Gasteiger partial charge on any atom is -0.362 e. The highest BCUT2D eigenvalue weighted by Crippen LogP contribution is 2.24. The van der Waals surface area contributed by atoms with Gasteiger partial charge >= 0.3 is 0 Å². The maximum atomic E-state index is 6.15. The number of benzene rings is 1. The maximum absolute atomic E-state index is 6.15. The van der Waals surface area contributed by atoms with Crippen LogP contribution in [0.1, 0.15) is 11.1 Å². The van der Waals surface area contributed by atoms with Gasteiger partial charge in [0.2, 0.25) is 0 Å². The SMILES string of the molecule is Cc1cccnc1NC(=S)NCCSCc1ccc(Cl)cc1Cl. The van der Waals surface area contributed by atoms with Crippen LogP contribution in [-0.2, 0) is 5.75 Å². The van der Waals surface area contributed by atoms with E-state index in [-0.39, 0.29) is 0 Å². The normalized spacial score (nSPS) is 10.4. The number of anilines is 1. The summed E-state index contributed by atoms with van der Waals surface area (Å²) < 4.78 is 0. The lowest BCUT2D eigenvalue weighted by molar-refractivity contribution is 0.987. The molecular formula is C16H17Cl2N3S2. The van der Waals surface area contributed by atoms with E-state index in [1.807, 2.05) is 31.2 Å². The van der Waals surface area contributed by atoms with E-state index in [1.165, 1.54) is 0 Å². The molecule has 0 fully saturated rings. The Hall–Kier alpha value is -1.01. The van der Waals surface area contributed by atoms with Gasteiger partial charge in [-0.05, 0) is 48.5 Å². The molecule has 3 nitrogen and oxygen atoms in total. The minimum absolute atomic E-state index is 0.580. The molecule has 1 aromatic carbocycles. The summed E-state index contributed by atoms with van der Waals surface area (Å²) in [5, 5.41) is 8.22. The smallest absolute Gasteiger partial charge is 0.171 e. The van der Waals surface area contributed by atoms with Gasteiger partial charge in [0.15, 0.2) is 5.11 Å². The summed E-state index contributed by atoms with van der Waals surface area (Å²) in [6.07, 6.45) is 1.74. The molecule has 0 radical (unpaired) electrons. The van der Waals surface area contributed by atoms with Crippen molar-refractivity contribution in [1.82, 2.24) is 10.3 Å². The second-order valence-electron chi connectivity index (χ2n) is 4.84. The van der Waals surface area contributed by atoms with Crippen molar-refractivity contribution < 1.29 is 0 Å². The third-order valence-electron chi connectivity index (χ3n) is 3.05. The van der Waals surface area contributed by atoms with Crippen molar-refractivity contribution in [2.75, 3.05) is 17.6 Å². The molecule has 0 bridgehead atoms. The standard InChI is InChI=1S/C16H17Cl2N3S2/c1-11-3-2-6-19-15(11)21-16(22)20-7-8-23-10-12-4-5-13(17)9-14(12)18/h2-6,9H,7-8,10H2,1H3,(H2,19,20,21,22). The number of aromatic nitrogens is 1. The first-order chi connectivity index (χ1) is 11.1. The molecule has 0 aliphatic heterocycles. The van der Waals surface area contributed by atoms with Gasteiger partial charge in [0.25, 0.3) is 0 Å². The highest BCUT2D eigenvalue weighted by atomic mass is 35.5. The highest BCUT2D eigenvalue weighted by molar-refractivity contribution is 7.98. The summed E-state index contributed by atoms with van der Waals surface area (Å²) in [4.78, 5) is 4.25. The molecule has 23 heavy (non-hydrogen) atoms. The molecule has 1 aromatic heterocycles. The minimum atomic E-state index is 0.580. The Morgan fingerprint density at radius 1 is 1.30 bits per heavy atom. The Balaban J connectivity index is 1.67. The lowest BCUT2D eigenvalue weighted by atomic mass is 10.2. The number of pyridine rings is 1. The lowest BCUT2D eigenvalue weighted by Crippen LogP contribution is -2.30. The Labute approximate surface area is 156 Å². The largest absolute Gasteiger partial charge is 0.362 e. The number of nitrogens with zero attached hydrogens (tertiary/aromatic N) is 1. The first-order valence-corrected chi connectivity index (χ1v) is 9.36. The predicted octanol–water partition coefficient (Wildman–Crippen LogP) is 4.92. The van der Waals surface area contributed by atoms with Crippen molar-refractivity contribution >= 4 is 58.1 Å². The fraction of sp³-hybridized carbons (Fsp3) is 0.250. The zero-order valence-corrected chi connectivity index (χ0v) is 15.7. The van der Waals surface area contributed by atoms with E-state index in [9.17, 15) is 0 Å². The van der Waals surface area contributed by atoms with E-state index in [0.29, 0.717) is 15.2 Å². The third-order valence-corrected chi connectivity index (χ3v) is 4.89. The van der Waals surface area contributed by atoms with Crippen molar-refractivity contribution in [2.45, 2.75) is 12.7 Å². The molecule has 2 rings (SSSR count). The number of nitrogens with one attached hydrogen (secondary N) is 2. The molecule has 2 aromatic rings. The molecule has 0 amide bonds. The van der Waals surface area contributed by atoms with E-state index in [2.05, 4.69) is 15.6 Å². The average molecular weight is 386 g/mol. The van der Waals surface area contributed by atoms with E-state index >= 15 is 0 Å². The van der Waals surface area contributed by atoms with Crippen LogP contribution in [0.2, 0.25) is 10.0 Å². The number of thiocarbonyl (C=S) groups is 1. The summed E-state index contributed by atoms with van der Waals surface area (Å²) in [5.41, 5.74) is 2.15. The Morgan fingerprint density at radius 2 is 2.13 bits per heavy atom. The van der Waals surface area contributed by atoms with E-state index in [4.69, 9.17) is 35.4 Å². The molecule has 7 heteroatoms. The van der Waals surface area contributed by atoms with Gasteiger partial charge in [-0.1, -0.05) is 35.3 Å². The van der Waals surface area contributed by atoms with Crippen molar-refractivity contribution in [3.8, 4) is 0 Å². The molecule has 0 saturated heterocycles. The molecule has 122 valence electrons. The fourth-order valence-corrected chi connectivity index (χ4v) is 3.44. The molecule has 0 unspecified atom stereocenters. The number of hydrogen-bond donors (Lipinski definition) is 2. The highest BCUT2D eigenvalue weighted by Gasteiger charge is 2.03. The van der Waals surface area contributed by atoms with Gasteiger partial charge in [0, 0.05) is 34.3 Å². The van der Waals surface area contributed by atoms with Crippen molar-refractivity contribution in [1.29, 1.82) is 0 Å². The van der Waals surface area contributed by atoms with Crippen LogP contribution in [0.15, 0.2) is 36.5 Å². The van der Waals surface area contributed by atoms with Crippen LogP contribution in [0, 0.1) is 6.92 Å². The molecule has 0 aliphatic rings. The van der Waals surface area contributed by atoms with Crippen LogP contribution in [-0.4, -0.2) is 22.4 Å². The van der Waals surface area contributed by atoms with Crippen molar-refractivity contribution in [3.05, 3.63) is 57.7 Å². The topological polar surface area (TPSA) is 37.0 Å².